The summed E-state index contributed by atoms with van der Waals surface area (Å²) in [6.45, 7) is -0.266. The molecule has 0 heterocycles. The number of nitriles is 1. The number of hydrogen-bond donors (Lipinski definition) is 1. The highest BCUT2D eigenvalue weighted by molar-refractivity contribution is 6.22. The van der Waals surface area contributed by atoms with Crippen LogP contribution in [-0.4, -0.2) is 17.1 Å². The molecule has 0 rings (SSSR count). The zero-order valence-electron chi connectivity index (χ0n) is 3.06. The normalized spacial score (nSPS) is 12.8. The Hall–Kier alpha value is -0.260. The molecule has 0 aromatic heterocycles. The SMILES string of the molecule is N#CC(Cl)CO. The minimum Gasteiger partial charge on any atom is -0.394 e. The average molecular weight is 106 g/mol. The summed E-state index contributed by atoms with van der Waals surface area (Å²) >= 11 is 5.04. The van der Waals surface area contributed by atoms with Gasteiger partial charge in [-0.3, -0.25) is 0 Å². The van der Waals surface area contributed by atoms with E-state index in [0.717, 1.165) is 0 Å². The Kier molecular flexibility index (Phi) is 2.82. The number of rotatable bonds is 1. The summed E-state index contributed by atoms with van der Waals surface area (Å²) in [5, 5.41) is 15.0. The van der Waals surface area contributed by atoms with E-state index in [1.54, 1.807) is 6.07 Å². The molecule has 0 radical (unpaired) electrons. The van der Waals surface area contributed by atoms with E-state index in [9.17, 15) is 0 Å². The molecule has 6 heavy (non-hydrogen) atoms. The van der Waals surface area contributed by atoms with Crippen LogP contribution < -0.4 is 0 Å². The van der Waals surface area contributed by atoms with Gasteiger partial charge in [-0.05, 0) is 0 Å². The minimum atomic E-state index is -0.731. The molecule has 2 nitrogen and oxygen atoms in total. The fourth-order valence-corrected chi connectivity index (χ4v) is 0.0408. The molecule has 1 atom stereocenters. The lowest BCUT2D eigenvalue weighted by Gasteiger charge is -1.84. The summed E-state index contributed by atoms with van der Waals surface area (Å²) in [6, 6.07) is 1.63. The number of nitrogens with zero attached hydrogens (tertiary/aromatic N) is 1. The topological polar surface area (TPSA) is 44.0 Å². The molecule has 0 aliphatic carbocycles. The van der Waals surface area contributed by atoms with Crippen LogP contribution in [0.4, 0.5) is 0 Å². The molecule has 0 aliphatic rings. The van der Waals surface area contributed by atoms with Crippen molar-refractivity contribution < 1.29 is 5.11 Å². The molecule has 1 N–H and O–H groups in total. The fourth-order valence-electron chi connectivity index (χ4n) is 0.0408. The average Bonchev–Trinajstić information content (AvgIpc) is 1.65. The van der Waals surface area contributed by atoms with E-state index in [1.807, 2.05) is 0 Å². The molecule has 0 aromatic rings. The van der Waals surface area contributed by atoms with Gasteiger partial charge in [-0.25, -0.2) is 0 Å². The van der Waals surface area contributed by atoms with Crippen molar-refractivity contribution in [2.75, 3.05) is 6.61 Å². The Morgan fingerprint density at radius 2 is 2.50 bits per heavy atom. The van der Waals surface area contributed by atoms with Crippen molar-refractivity contribution in [2.45, 2.75) is 5.38 Å². The molecule has 0 saturated carbocycles. The van der Waals surface area contributed by atoms with Gasteiger partial charge < -0.3 is 5.11 Å². The predicted octanol–water partition coefficient (Wildman–Crippen LogP) is 0.110. The molecule has 0 amide bonds. The van der Waals surface area contributed by atoms with Crippen molar-refractivity contribution >= 4 is 11.6 Å². The molecule has 1 unspecified atom stereocenters. The van der Waals surface area contributed by atoms with Crippen LogP contribution in [0.3, 0.4) is 0 Å². The van der Waals surface area contributed by atoms with Gasteiger partial charge in [-0.2, -0.15) is 5.26 Å². The van der Waals surface area contributed by atoms with Crippen LogP contribution in [-0.2, 0) is 0 Å². The second-order valence-corrected chi connectivity index (χ2v) is 1.31. The Morgan fingerprint density at radius 1 is 2.00 bits per heavy atom. The molecule has 0 spiro atoms. The predicted molar refractivity (Wildman–Crippen MR) is 22.3 cm³/mol. The number of halogens is 1. The first kappa shape index (κ1) is 5.74. The van der Waals surface area contributed by atoms with Gasteiger partial charge in [0.1, 0.15) is 5.38 Å². The van der Waals surface area contributed by atoms with Crippen molar-refractivity contribution in [1.29, 1.82) is 5.26 Å². The zero-order chi connectivity index (χ0) is 4.99. The summed E-state index contributed by atoms with van der Waals surface area (Å²) in [7, 11) is 0. The molecule has 0 aliphatic heterocycles. The van der Waals surface area contributed by atoms with Crippen molar-refractivity contribution in [3.05, 3.63) is 0 Å². The molecule has 34 valence electrons. The van der Waals surface area contributed by atoms with Crippen LogP contribution in [0.1, 0.15) is 0 Å². The lowest BCUT2D eigenvalue weighted by molar-refractivity contribution is 0.307. The minimum absolute atomic E-state index is 0.266. The van der Waals surface area contributed by atoms with Crippen molar-refractivity contribution in [3.63, 3.8) is 0 Å². The Morgan fingerprint density at radius 3 is 2.50 bits per heavy atom. The summed E-state index contributed by atoms with van der Waals surface area (Å²) in [5.74, 6) is 0. The highest BCUT2D eigenvalue weighted by atomic mass is 35.5. The molecule has 0 saturated heterocycles. The van der Waals surface area contributed by atoms with Gasteiger partial charge in [0.15, 0.2) is 0 Å². The fraction of sp³-hybridized carbons (Fsp3) is 0.667. The van der Waals surface area contributed by atoms with Gasteiger partial charge in [0, 0.05) is 0 Å². The number of aliphatic hydroxyl groups is 1. The molecule has 3 heteroatoms. The third kappa shape index (κ3) is 2.01. The second-order valence-electron chi connectivity index (χ2n) is 0.779. The maximum Gasteiger partial charge on any atom is 0.143 e. The van der Waals surface area contributed by atoms with Gasteiger partial charge in [0.25, 0.3) is 0 Å². The first-order valence-corrected chi connectivity index (χ1v) is 1.89. The van der Waals surface area contributed by atoms with Gasteiger partial charge >= 0.3 is 0 Å². The maximum absolute atomic E-state index is 7.98. The van der Waals surface area contributed by atoms with E-state index in [2.05, 4.69) is 0 Å². The summed E-state index contributed by atoms with van der Waals surface area (Å²) < 4.78 is 0. The van der Waals surface area contributed by atoms with E-state index in [-0.39, 0.29) is 6.61 Å². The summed E-state index contributed by atoms with van der Waals surface area (Å²) in [4.78, 5) is 0. The molecule has 0 aromatic carbocycles. The number of hydrogen-bond acceptors (Lipinski definition) is 2. The zero-order valence-corrected chi connectivity index (χ0v) is 3.81. The third-order valence-electron chi connectivity index (χ3n) is 0.300. The smallest absolute Gasteiger partial charge is 0.143 e. The van der Waals surface area contributed by atoms with Gasteiger partial charge in [0.2, 0.25) is 0 Å². The molecule has 0 fully saturated rings. The number of aliphatic hydroxyl groups excluding tert-OH is 1. The first-order valence-electron chi connectivity index (χ1n) is 1.45. The second kappa shape index (κ2) is 2.95. The summed E-state index contributed by atoms with van der Waals surface area (Å²) in [6.07, 6.45) is 0. The molecular weight excluding hydrogens is 101 g/mol. The van der Waals surface area contributed by atoms with Crippen LogP contribution in [0.15, 0.2) is 0 Å². The lowest BCUT2D eigenvalue weighted by atomic mass is 10.5. The van der Waals surface area contributed by atoms with Crippen LogP contribution in [0, 0.1) is 11.3 Å². The van der Waals surface area contributed by atoms with Crippen LogP contribution in [0.2, 0.25) is 0 Å². The van der Waals surface area contributed by atoms with Crippen molar-refractivity contribution in [1.82, 2.24) is 0 Å². The van der Waals surface area contributed by atoms with Gasteiger partial charge in [-0.1, -0.05) is 0 Å². The monoisotopic (exact) mass is 105 g/mol. The van der Waals surface area contributed by atoms with E-state index < -0.39 is 5.38 Å². The molecule has 0 bridgehead atoms. The van der Waals surface area contributed by atoms with Crippen LogP contribution in [0.5, 0.6) is 0 Å². The highest BCUT2D eigenvalue weighted by Gasteiger charge is 1.93. The Labute approximate surface area is 41.0 Å². The Bertz CT molecular complexity index is 67.7. The standard InChI is InChI=1S/C3H4ClNO/c4-3(1-5)2-6/h3,6H,2H2. The van der Waals surface area contributed by atoms with E-state index in [4.69, 9.17) is 22.0 Å². The first-order chi connectivity index (χ1) is 2.81. The van der Waals surface area contributed by atoms with Crippen molar-refractivity contribution in [2.24, 2.45) is 0 Å². The van der Waals surface area contributed by atoms with E-state index >= 15 is 0 Å². The van der Waals surface area contributed by atoms with Gasteiger partial charge in [0.05, 0.1) is 12.7 Å². The maximum atomic E-state index is 7.98. The van der Waals surface area contributed by atoms with Crippen molar-refractivity contribution in [3.8, 4) is 6.07 Å². The van der Waals surface area contributed by atoms with E-state index in [0.29, 0.717) is 0 Å². The lowest BCUT2D eigenvalue weighted by Crippen LogP contribution is -1.98. The van der Waals surface area contributed by atoms with Crippen LogP contribution >= 0.6 is 11.6 Å². The molecular formula is C3H4ClNO. The van der Waals surface area contributed by atoms with E-state index in [1.165, 1.54) is 0 Å². The van der Waals surface area contributed by atoms with Gasteiger partial charge in [-0.15, -0.1) is 11.6 Å². The summed E-state index contributed by atoms with van der Waals surface area (Å²) in [5.41, 5.74) is 0. The third-order valence-corrected chi connectivity index (χ3v) is 0.536. The largest absolute Gasteiger partial charge is 0.394 e. The Balaban J connectivity index is 3.04. The quantitative estimate of drug-likeness (QED) is 0.481. The van der Waals surface area contributed by atoms with Crippen LogP contribution in [0.25, 0.3) is 0 Å². The number of alkyl halides is 1. The highest BCUT2D eigenvalue weighted by Crippen LogP contribution is 1.87.